The molecule has 2 aliphatic heterocycles. The average molecular weight is 367 g/mol. The number of hydrogen-bond donors (Lipinski definition) is 2. The minimum absolute atomic E-state index is 0.171. The summed E-state index contributed by atoms with van der Waals surface area (Å²) < 4.78 is 10.9. The van der Waals surface area contributed by atoms with Gasteiger partial charge in [-0.2, -0.15) is 0 Å². The number of piperidine rings is 1. The molecule has 0 spiro atoms. The summed E-state index contributed by atoms with van der Waals surface area (Å²) in [7, 11) is 3.37. The van der Waals surface area contributed by atoms with Gasteiger partial charge in [0.25, 0.3) is 0 Å². The van der Waals surface area contributed by atoms with E-state index in [4.69, 9.17) is 9.47 Å². The Labute approximate surface area is 162 Å². The normalized spacial score (nSPS) is 25.7. The molecule has 0 amide bonds. The van der Waals surface area contributed by atoms with Crippen LogP contribution >= 0.6 is 0 Å². The minimum Gasteiger partial charge on any atom is -0.493 e. The average Bonchev–Trinajstić information content (AvgIpc) is 2.68. The molecular formula is C23H30N2O2. The number of nitrogens with one attached hydrogen (secondary N) is 2. The molecule has 4 heteroatoms. The number of fused-ring (bicyclic) bond motifs is 2. The van der Waals surface area contributed by atoms with Gasteiger partial charge in [0.15, 0.2) is 11.5 Å². The van der Waals surface area contributed by atoms with Crippen molar-refractivity contribution in [3.63, 3.8) is 0 Å². The molecule has 1 fully saturated rings. The summed E-state index contributed by atoms with van der Waals surface area (Å²) in [5.74, 6) is 2.19. The SMILES string of the molecule is COc1ccc(C[C@@H]2NCC[C@@H]3[C@@H]2Nc2ccccc2C3(C)C)cc1OC. The van der Waals surface area contributed by atoms with Crippen LogP contribution in [0.1, 0.15) is 31.4 Å². The van der Waals surface area contributed by atoms with Crippen molar-refractivity contribution in [2.75, 3.05) is 26.1 Å². The molecule has 1 saturated heterocycles. The van der Waals surface area contributed by atoms with E-state index in [9.17, 15) is 0 Å². The van der Waals surface area contributed by atoms with Gasteiger partial charge in [-0.3, -0.25) is 0 Å². The highest BCUT2D eigenvalue weighted by Crippen LogP contribution is 2.46. The molecule has 0 unspecified atom stereocenters. The number of benzene rings is 2. The van der Waals surface area contributed by atoms with E-state index in [1.807, 2.05) is 6.07 Å². The molecule has 0 saturated carbocycles. The van der Waals surface area contributed by atoms with Crippen molar-refractivity contribution in [1.29, 1.82) is 0 Å². The van der Waals surface area contributed by atoms with Crippen LogP contribution in [0.25, 0.3) is 0 Å². The minimum atomic E-state index is 0.171. The van der Waals surface area contributed by atoms with Gasteiger partial charge in [-0.15, -0.1) is 0 Å². The number of hydrogen-bond acceptors (Lipinski definition) is 4. The standard InChI is InChI=1S/C23H30N2O2/c1-23(2)16-7-5-6-8-18(16)25-22-17(23)11-12-24-19(22)13-15-9-10-20(26-3)21(14-15)27-4/h5-10,14,17,19,22,24-25H,11-13H2,1-4H3/t17-,19+,22+/m1/s1. The summed E-state index contributed by atoms with van der Waals surface area (Å²) >= 11 is 0. The van der Waals surface area contributed by atoms with Crippen molar-refractivity contribution in [3.05, 3.63) is 53.6 Å². The Balaban J connectivity index is 1.62. The first-order valence-corrected chi connectivity index (χ1v) is 9.85. The van der Waals surface area contributed by atoms with Crippen LogP contribution < -0.4 is 20.1 Å². The highest BCUT2D eigenvalue weighted by atomic mass is 16.5. The van der Waals surface area contributed by atoms with Crippen LogP contribution in [-0.2, 0) is 11.8 Å². The lowest BCUT2D eigenvalue weighted by Gasteiger charge is -2.51. The lowest BCUT2D eigenvalue weighted by Crippen LogP contribution is -2.60. The van der Waals surface area contributed by atoms with Gasteiger partial charge in [-0.05, 0) is 60.0 Å². The van der Waals surface area contributed by atoms with Gasteiger partial charge in [0.1, 0.15) is 0 Å². The Kier molecular flexibility index (Phi) is 4.77. The van der Waals surface area contributed by atoms with E-state index in [1.165, 1.54) is 23.2 Å². The first kappa shape index (κ1) is 18.2. The third-order valence-corrected chi connectivity index (χ3v) is 6.50. The fourth-order valence-electron chi connectivity index (χ4n) is 5.03. The van der Waals surface area contributed by atoms with Gasteiger partial charge < -0.3 is 20.1 Å². The first-order chi connectivity index (χ1) is 13.0. The Bertz CT molecular complexity index is 818. The van der Waals surface area contributed by atoms with Crippen molar-refractivity contribution >= 4 is 5.69 Å². The molecule has 3 atom stereocenters. The molecule has 2 heterocycles. The molecule has 2 N–H and O–H groups in total. The van der Waals surface area contributed by atoms with Crippen LogP contribution in [0.4, 0.5) is 5.69 Å². The molecule has 2 aromatic carbocycles. The van der Waals surface area contributed by atoms with Crippen LogP contribution in [-0.4, -0.2) is 32.8 Å². The van der Waals surface area contributed by atoms with E-state index in [2.05, 4.69) is 60.9 Å². The van der Waals surface area contributed by atoms with Crippen molar-refractivity contribution < 1.29 is 9.47 Å². The second-order valence-electron chi connectivity index (χ2n) is 8.29. The molecule has 0 bridgehead atoms. The predicted molar refractivity (Wildman–Crippen MR) is 110 cm³/mol. The zero-order chi connectivity index (χ0) is 19.0. The quantitative estimate of drug-likeness (QED) is 0.858. The van der Waals surface area contributed by atoms with Crippen molar-refractivity contribution in [1.82, 2.24) is 5.32 Å². The van der Waals surface area contributed by atoms with E-state index in [0.29, 0.717) is 18.0 Å². The molecule has 0 aliphatic carbocycles. The molecule has 27 heavy (non-hydrogen) atoms. The van der Waals surface area contributed by atoms with Crippen LogP contribution in [0.2, 0.25) is 0 Å². The molecule has 144 valence electrons. The first-order valence-electron chi connectivity index (χ1n) is 9.85. The maximum atomic E-state index is 5.49. The highest BCUT2D eigenvalue weighted by molar-refractivity contribution is 5.58. The molecule has 0 radical (unpaired) electrons. The summed E-state index contributed by atoms with van der Waals surface area (Å²) in [5.41, 5.74) is 4.16. The monoisotopic (exact) mass is 366 g/mol. The Morgan fingerprint density at radius 3 is 2.59 bits per heavy atom. The summed E-state index contributed by atoms with van der Waals surface area (Å²) in [6.45, 7) is 5.87. The molecule has 2 aromatic rings. The van der Waals surface area contributed by atoms with Crippen molar-refractivity contribution in [2.24, 2.45) is 5.92 Å². The summed E-state index contributed by atoms with van der Waals surface area (Å²) in [5, 5.41) is 7.62. The fraction of sp³-hybridized carbons (Fsp3) is 0.478. The zero-order valence-electron chi connectivity index (χ0n) is 16.7. The van der Waals surface area contributed by atoms with Gasteiger partial charge in [0.05, 0.1) is 14.2 Å². The number of anilines is 1. The maximum absolute atomic E-state index is 5.49. The third-order valence-electron chi connectivity index (χ3n) is 6.50. The van der Waals surface area contributed by atoms with Gasteiger partial charge in [0, 0.05) is 17.8 Å². The molecule has 4 nitrogen and oxygen atoms in total. The van der Waals surface area contributed by atoms with E-state index in [1.54, 1.807) is 14.2 Å². The number of methoxy groups -OCH3 is 2. The second kappa shape index (κ2) is 7.08. The lowest BCUT2D eigenvalue weighted by atomic mass is 9.63. The van der Waals surface area contributed by atoms with E-state index in [-0.39, 0.29) is 5.41 Å². The van der Waals surface area contributed by atoms with E-state index >= 15 is 0 Å². The van der Waals surface area contributed by atoms with Gasteiger partial charge in [-0.1, -0.05) is 38.1 Å². The van der Waals surface area contributed by atoms with Gasteiger partial charge >= 0.3 is 0 Å². The third kappa shape index (κ3) is 3.16. The topological polar surface area (TPSA) is 42.5 Å². The number of para-hydroxylation sites is 1. The fourth-order valence-corrected chi connectivity index (χ4v) is 5.03. The van der Waals surface area contributed by atoms with Crippen LogP contribution in [0.5, 0.6) is 11.5 Å². The summed E-state index contributed by atoms with van der Waals surface area (Å²) in [6.07, 6.45) is 2.16. The van der Waals surface area contributed by atoms with Crippen molar-refractivity contribution in [2.45, 2.75) is 44.2 Å². The van der Waals surface area contributed by atoms with Crippen LogP contribution in [0.15, 0.2) is 42.5 Å². The Morgan fingerprint density at radius 2 is 1.81 bits per heavy atom. The van der Waals surface area contributed by atoms with Gasteiger partial charge in [0.2, 0.25) is 0 Å². The summed E-state index contributed by atoms with van der Waals surface area (Å²) in [6, 6.07) is 15.8. The molecular weight excluding hydrogens is 336 g/mol. The highest BCUT2D eigenvalue weighted by Gasteiger charge is 2.46. The van der Waals surface area contributed by atoms with Crippen LogP contribution in [0, 0.1) is 5.92 Å². The largest absolute Gasteiger partial charge is 0.493 e. The lowest BCUT2D eigenvalue weighted by molar-refractivity contribution is 0.177. The van der Waals surface area contributed by atoms with E-state index < -0.39 is 0 Å². The smallest absolute Gasteiger partial charge is 0.160 e. The maximum Gasteiger partial charge on any atom is 0.160 e. The Hall–Kier alpha value is -2.20. The summed E-state index contributed by atoms with van der Waals surface area (Å²) in [4.78, 5) is 0. The van der Waals surface area contributed by atoms with Gasteiger partial charge in [-0.25, -0.2) is 0 Å². The predicted octanol–water partition coefficient (Wildman–Crippen LogP) is 4.00. The van der Waals surface area contributed by atoms with Crippen LogP contribution in [0.3, 0.4) is 0 Å². The Morgan fingerprint density at radius 1 is 1.04 bits per heavy atom. The molecule has 2 aliphatic rings. The zero-order valence-corrected chi connectivity index (χ0v) is 16.7. The number of ether oxygens (including phenoxy) is 2. The molecule has 4 rings (SSSR count). The number of rotatable bonds is 4. The second-order valence-corrected chi connectivity index (χ2v) is 8.29. The van der Waals surface area contributed by atoms with E-state index in [0.717, 1.165) is 24.5 Å². The van der Waals surface area contributed by atoms with Crippen molar-refractivity contribution in [3.8, 4) is 11.5 Å². The molecule has 0 aromatic heterocycles.